The summed E-state index contributed by atoms with van der Waals surface area (Å²) < 4.78 is 5.31. The molecule has 0 radical (unpaired) electrons. The predicted molar refractivity (Wildman–Crippen MR) is 104 cm³/mol. The third-order valence-electron chi connectivity index (χ3n) is 6.20. The van der Waals surface area contributed by atoms with Crippen LogP contribution in [-0.4, -0.2) is 60.6 Å². The molecule has 2 amide bonds. The number of ether oxygens (including phenoxy) is 1. The third-order valence-corrected chi connectivity index (χ3v) is 6.20. The maximum atomic E-state index is 12.9. The van der Waals surface area contributed by atoms with Gasteiger partial charge in [-0.2, -0.15) is 0 Å². The lowest BCUT2D eigenvalue weighted by atomic mass is 9.58. The first-order valence-corrected chi connectivity index (χ1v) is 9.90. The topological polar surface area (TPSA) is 61.9 Å². The molecule has 148 valence electrons. The molecule has 6 heteroatoms. The van der Waals surface area contributed by atoms with Gasteiger partial charge in [-0.3, -0.25) is 4.79 Å². The minimum atomic E-state index is -0.417. The van der Waals surface area contributed by atoms with Gasteiger partial charge in [-0.1, -0.05) is 51.1 Å². The van der Waals surface area contributed by atoms with Gasteiger partial charge >= 0.3 is 6.09 Å². The molecule has 6 nitrogen and oxygen atoms in total. The Morgan fingerprint density at radius 2 is 1.81 bits per heavy atom. The highest BCUT2D eigenvalue weighted by molar-refractivity contribution is 5.81. The van der Waals surface area contributed by atoms with Gasteiger partial charge in [-0.15, -0.1) is 0 Å². The highest BCUT2D eigenvalue weighted by Crippen LogP contribution is 2.47. The van der Waals surface area contributed by atoms with Crippen LogP contribution >= 0.6 is 0 Å². The zero-order chi connectivity index (χ0) is 19.4. The van der Waals surface area contributed by atoms with Crippen LogP contribution in [0.4, 0.5) is 4.79 Å². The Labute approximate surface area is 161 Å². The Kier molecular flexibility index (Phi) is 6.05. The molecule has 1 saturated carbocycles. The number of carbonyl (C=O) groups is 2. The Bertz CT molecular complexity index is 654. The van der Waals surface area contributed by atoms with Gasteiger partial charge in [0.05, 0.1) is 0 Å². The number of benzene rings is 1. The first-order valence-electron chi connectivity index (χ1n) is 9.90. The van der Waals surface area contributed by atoms with E-state index in [4.69, 9.17) is 4.74 Å². The third kappa shape index (κ3) is 4.43. The summed E-state index contributed by atoms with van der Waals surface area (Å²) in [5.41, 5.74) is 0.699. The van der Waals surface area contributed by atoms with Crippen LogP contribution in [0.1, 0.15) is 32.8 Å². The quantitative estimate of drug-likeness (QED) is 0.861. The van der Waals surface area contributed by atoms with Crippen LogP contribution in [0.15, 0.2) is 30.3 Å². The minimum absolute atomic E-state index is 0.0355. The molecule has 0 spiro atoms. The van der Waals surface area contributed by atoms with Crippen molar-refractivity contribution in [2.24, 2.45) is 11.3 Å². The lowest BCUT2D eigenvalue weighted by Gasteiger charge is -2.52. The van der Waals surface area contributed by atoms with Crippen LogP contribution < -0.4 is 5.32 Å². The van der Waals surface area contributed by atoms with E-state index >= 15 is 0 Å². The second kappa shape index (κ2) is 8.30. The molecule has 2 atom stereocenters. The first-order chi connectivity index (χ1) is 12.9. The fourth-order valence-corrected chi connectivity index (χ4v) is 4.00. The predicted octanol–water partition coefficient (Wildman–Crippen LogP) is 2.49. The number of nitrogens with one attached hydrogen (secondary N) is 1. The molecule has 27 heavy (non-hydrogen) atoms. The van der Waals surface area contributed by atoms with Crippen LogP contribution in [0.2, 0.25) is 0 Å². The van der Waals surface area contributed by atoms with Crippen molar-refractivity contribution in [2.45, 2.75) is 39.8 Å². The van der Waals surface area contributed by atoms with Gasteiger partial charge in [0.1, 0.15) is 6.61 Å². The highest BCUT2D eigenvalue weighted by atomic mass is 16.5. The second-order valence-electron chi connectivity index (χ2n) is 8.13. The number of likely N-dealkylation sites (N-methyl/N-ethyl adjacent to an activating group) is 1. The molecule has 3 rings (SSSR count). The first kappa shape index (κ1) is 19.7. The number of piperazine rings is 1. The molecule has 1 heterocycles. The number of hydrogen-bond donors (Lipinski definition) is 1. The highest BCUT2D eigenvalue weighted by Gasteiger charge is 2.53. The van der Waals surface area contributed by atoms with Crippen LogP contribution in [0, 0.1) is 11.3 Å². The van der Waals surface area contributed by atoms with E-state index < -0.39 is 6.09 Å². The smallest absolute Gasteiger partial charge is 0.407 e. The molecule has 1 N–H and O–H groups in total. The van der Waals surface area contributed by atoms with E-state index in [1.165, 1.54) is 0 Å². The summed E-state index contributed by atoms with van der Waals surface area (Å²) in [6, 6.07) is 9.58. The molecular weight excluding hydrogens is 342 g/mol. The molecule has 0 aromatic heterocycles. The molecule has 1 aliphatic carbocycles. The number of amides is 2. The summed E-state index contributed by atoms with van der Waals surface area (Å²) in [5.74, 6) is 0.191. The molecular formula is C21H31N3O3. The normalized spacial score (nSPS) is 24.8. The lowest BCUT2D eigenvalue weighted by Crippen LogP contribution is -2.63. The second-order valence-corrected chi connectivity index (χ2v) is 8.13. The van der Waals surface area contributed by atoms with Crippen LogP contribution in [0.5, 0.6) is 0 Å². The Morgan fingerprint density at radius 1 is 1.15 bits per heavy atom. The van der Waals surface area contributed by atoms with E-state index in [1.54, 1.807) is 0 Å². The molecule has 1 aromatic carbocycles. The minimum Gasteiger partial charge on any atom is -0.445 e. The van der Waals surface area contributed by atoms with Crippen LogP contribution in [-0.2, 0) is 16.1 Å². The van der Waals surface area contributed by atoms with Gasteiger partial charge in [0, 0.05) is 38.1 Å². The standard InChI is InChI=1S/C21H31N3O3/c1-4-23-10-12-24(13-11-23)19(25)17-14-18(21(17,2)3)22-20(26)27-15-16-8-6-5-7-9-16/h5-9,17-18H,4,10-15H2,1-3H3,(H,22,26)/t17-,18-/m0/s1. The fraction of sp³-hybridized carbons (Fsp3) is 0.619. The summed E-state index contributed by atoms with van der Waals surface area (Å²) >= 11 is 0. The molecule has 2 aliphatic rings. The SMILES string of the molecule is CCN1CCN(C(=O)[C@@H]2C[C@H](NC(=O)OCc3ccccc3)C2(C)C)CC1. The maximum absolute atomic E-state index is 12.9. The summed E-state index contributed by atoms with van der Waals surface area (Å²) in [6.45, 7) is 11.1. The van der Waals surface area contributed by atoms with E-state index in [0.717, 1.165) is 38.3 Å². The van der Waals surface area contributed by atoms with Crippen molar-refractivity contribution >= 4 is 12.0 Å². The summed E-state index contributed by atoms with van der Waals surface area (Å²) in [4.78, 5) is 29.4. The zero-order valence-corrected chi connectivity index (χ0v) is 16.6. The van der Waals surface area contributed by atoms with E-state index in [0.29, 0.717) is 6.42 Å². The average Bonchev–Trinajstić information content (AvgIpc) is 2.69. The van der Waals surface area contributed by atoms with E-state index in [9.17, 15) is 9.59 Å². The maximum Gasteiger partial charge on any atom is 0.407 e. The molecule has 0 unspecified atom stereocenters. The number of nitrogens with zero attached hydrogens (tertiary/aromatic N) is 2. The molecule has 1 aromatic rings. The number of rotatable bonds is 5. The van der Waals surface area contributed by atoms with Gasteiger partial charge in [-0.05, 0) is 23.9 Å². The summed E-state index contributed by atoms with van der Waals surface area (Å²) in [5, 5.41) is 2.94. The molecule has 1 aliphatic heterocycles. The van der Waals surface area contributed by atoms with Gasteiger partial charge in [-0.25, -0.2) is 4.79 Å². The Hall–Kier alpha value is -2.08. The van der Waals surface area contributed by atoms with Crippen LogP contribution in [0.25, 0.3) is 0 Å². The fourth-order valence-electron chi connectivity index (χ4n) is 4.00. The largest absolute Gasteiger partial charge is 0.445 e. The summed E-state index contributed by atoms with van der Waals surface area (Å²) in [7, 11) is 0. The van der Waals surface area contributed by atoms with E-state index in [1.807, 2.05) is 35.2 Å². The van der Waals surface area contributed by atoms with Crippen molar-refractivity contribution < 1.29 is 14.3 Å². The summed E-state index contributed by atoms with van der Waals surface area (Å²) in [6.07, 6.45) is 0.264. The van der Waals surface area contributed by atoms with Crippen molar-refractivity contribution in [3.8, 4) is 0 Å². The Balaban J connectivity index is 1.46. The average molecular weight is 373 g/mol. The number of carbonyl (C=O) groups excluding carboxylic acids is 2. The monoisotopic (exact) mass is 373 g/mol. The zero-order valence-electron chi connectivity index (χ0n) is 16.6. The van der Waals surface area contributed by atoms with Crippen molar-refractivity contribution in [1.82, 2.24) is 15.1 Å². The Morgan fingerprint density at radius 3 is 2.41 bits per heavy atom. The van der Waals surface area contributed by atoms with Gasteiger partial charge in [0.15, 0.2) is 0 Å². The molecule has 2 fully saturated rings. The molecule has 0 bridgehead atoms. The number of alkyl carbamates (subject to hydrolysis) is 1. The van der Waals surface area contributed by atoms with Crippen molar-refractivity contribution in [3.63, 3.8) is 0 Å². The molecule has 1 saturated heterocycles. The van der Waals surface area contributed by atoms with Gasteiger partial charge < -0.3 is 19.9 Å². The van der Waals surface area contributed by atoms with Gasteiger partial charge in [0.2, 0.25) is 5.91 Å². The van der Waals surface area contributed by atoms with Crippen molar-refractivity contribution in [3.05, 3.63) is 35.9 Å². The number of hydrogen-bond acceptors (Lipinski definition) is 4. The van der Waals surface area contributed by atoms with Crippen LogP contribution in [0.3, 0.4) is 0 Å². The van der Waals surface area contributed by atoms with Crippen molar-refractivity contribution in [1.29, 1.82) is 0 Å². The van der Waals surface area contributed by atoms with E-state index in [2.05, 4.69) is 31.0 Å². The van der Waals surface area contributed by atoms with Gasteiger partial charge in [0.25, 0.3) is 0 Å². The van der Waals surface area contributed by atoms with E-state index in [-0.39, 0.29) is 29.9 Å². The lowest BCUT2D eigenvalue weighted by molar-refractivity contribution is -0.150. The van der Waals surface area contributed by atoms with Crippen molar-refractivity contribution in [2.75, 3.05) is 32.7 Å².